The number of benzene rings is 1. The van der Waals surface area contributed by atoms with Crippen LogP contribution in [0.2, 0.25) is 0 Å². The van der Waals surface area contributed by atoms with E-state index in [-0.39, 0.29) is 0 Å². The Balaban J connectivity index is 2.27. The molecule has 2 rings (SSSR count). The van der Waals surface area contributed by atoms with Crippen LogP contribution in [0.3, 0.4) is 0 Å². The number of halogens is 1. The van der Waals surface area contributed by atoms with Crippen LogP contribution in [0, 0.1) is 6.92 Å². The number of hydrogen-bond acceptors (Lipinski definition) is 2. The Morgan fingerprint density at radius 3 is 2.79 bits per heavy atom. The Labute approximate surface area is 123 Å². The third-order valence-corrected chi connectivity index (χ3v) is 3.86. The van der Waals surface area contributed by atoms with Gasteiger partial charge in [0.25, 0.3) is 0 Å². The first-order chi connectivity index (χ1) is 9.11. The maximum absolute atomic E-state index is 4.42. The highest BCUT2D eigenvalue weighted by molar-refractivity contribution is 9.10. The van der Waals surface area contributed by atoms with Gasteiger partial charge in [0.1, 0.15) is 5.82 Å². The minimum absolute atomic E-state index is 0.305. The van der Waals surface area contributed by atoms with Gasteiger partial charge in [0.15, 0.2) is 0 Å². The first-order valence-corrected chi connectivity index (χ1v) is 7.36. The average Bonchev–Trinajstić information content (AvgIpc) is 2.75. The van der Waals surface area contributed by atoms with Gasteiger partial charge in [-0.2, -0.15) is 0 Å². The van der Waals surface area contributed by atoms with E-state index in [1.165, 1.54) is 11.1 Å². The summed E-state index contributed by atoms with van der Waals surface area (Å²) in [4.78, 5) is 4.42. The minimum Gasteiger partial charge on any atom is -0.338 e. The number of nitrogens with one attached hydrogen (secondary N) is 1. The Hall–Kier alpha value is -1.13. The lowest BCUT2D eigenvalue weighted by Crippen LogP contribution is -2.24. The summed E-state index contributed by atoms with van der Waals surface area (Å²) in [5.41, 5.74) is 2.64. The highest BCUT2D eigenvalue weighted by Gasteiger charge is 2.15. The SMILES string of the molecule is CCNC(Cc1nccn1C)c1ccc(Br)cc1C. The van der Waals surface area contributed by atoms with Crippen LogP contribution in [-0.2, 0) is 13.5 Å². The van der Waals surface area contributed by atoms with Gasteiger partial charge in [-0.1, -0.05) is 28.9 Å². The fourth-order valence-electron chi connectivity index (χ4n) is 2.34. The molecular formula is C15H20BrN3. The second kappa shape index (κ2) is 6.35. The van der Waals surface area contributed by atoms with Crippen molar-refractivity contribution in [2.24, 2.45) is 7.05 Å². The van der Waals surface area contributed by atoms with Crippen molar-refractivity contribution in [3.05, 3.63) is 52.0 Å². The molecule has 1 heterocycles. The summed E-state index contributed by atoms with van der Waals surface area (Å²) in [5, 5.41) is 3.56. The monoisotopic (exact) mass is 321 g/mol. The van der Waals surface area contributed by atoms with Gasteiger partial charge in [0.05, 0.1) is 0 Å². The van der Waals surface area contributed by atoms with Crippen LogP contribution in [0.5, 0.6) is 0 Å². The van der Waals surface area contributed by atoms with Gasteiger partial charge in [-0.05, 0) is 36.7 Å². The molecule has 0 aliphatic carbocycles. The summed E-state index contributed by atoms with van der Waals surface area (Å²) in [6.07, 6.45) is 4.75. The lowest BCUT2D eigenvalue weighted by Gasteiger charge is -2.20. The molecule has 0 amide bonds. The third kappa shape index (κ3) is 3.45. The normalized spacial score (nSPS) is 12.6. The third-order valence-electron chi connectivity index (χ3n) is 3.37. The molecule has 0 saturated carbocycles. The fourth-order valence-corrected chi connectivity index (χ4v) is 2.82. The van der Waals surface area contributed by atoms with E-state index in [0.717, 1.165) is 23.3 Å². The zero-order chi connectivity index (χ0) is 13.8. The van der Waals surface area contributed by atoms with Crippen LogP contribution in [0.1, 0.15) is 29.9 Å². The van der Waals surface area contributed by atoms with Crippen LogP contribution in [0.15, 0.2) is 35.1 Å². The van der Waals surface area contributed by atoms with Crippen molar-refractivity contribution in [1.29, 1.82) is 0 Å². The zero-order valence-electron chi connectivity index (χ0n) is 11.7. The molecule has 1 aromatic heterocycles. The molecule has 0 saturated heterocycles. The first kappa shape index (κ1) is 14.3. The van der Waals surface area contributed by atoms with Gasteiger partial charge in [-0.25, -0.2) is 4.98 Å². The molecule has 0 fully saturated rings. The molecule has 1 atom stereocenters. The van der Waals surface area contributed by atoms with Gasteiger partial charge >= 0.3 is 0 Å². The van der Waals surface area contributed by atoms with Gasteiger partial charge in [-0.15, -0.1) is 0 Å². The first-order valence-electron chi connectivity index (χ1n) is 6.57. The standard InChI is InChI=1S/C15H20BrN3/c1-4-17-14(10-15-18-7-8-19(15)3)13-6-5-12(16)9-11(13)2/h5-9,14,17H,4,10H2,1-3H3. The van der Waals surface area contributed by atoms with Crippen LogP contribution in [-0.4, -0.2) is 16.1 Å². The molecule has 102 valence electrons. The molecular weight excluding hydrogens is 302 g/mol. The predicted octanol–water partition coefficient (Wildman–Crippen LogP) is 3.38. The Kier molecular flexibility index (Phi) is 4.77. The zero-order valence-corrected chi connectivity index (χ0v) is 13.2. The second-order valence-electron chi connectivity index (χ2n) is 4.77. The number of nitrogens with zero attached hydrogens (tertiary/aromatic N) is 2. The van der Waals surface area contributed by atoms with Crippen LogP contribution in [0.4, 0.5) is 0 Å². The van der Waals surface area contributed by atoms with E-state index in [1.54, 1.807) is 0 Å². The summed E-state index contributed by atoms with van der Waals surface area (Å²) in [6.45, 7) is 5.24. The maximum Gasteiger partial charge on any atom is 0.110 e. The average molecular weight is 322 g/mol. The topological polar surface area (TPSA) is 29.9 Å². The van der Waals surface area contributed by atoms with Gasteiger partial charge in [0, 0.05) is 36.4 Å². The van der Waals surface area contributed by atoms with Crippen LogP contribution >= 0.6 is 15.9 Å². The van der Waals surface area contributed by atoms with Crippen molar-refractivity contribution in [1.82, 2.24) is 14.9 Å². The van der Waals surface area contributed by atoms with Crippen molar-refractivity contribution >= 4 is 15.9 Å². The molecule has 19 heavy (non-hydrogen) atoms. The summed E-state index contributed by atoms with van der Waals surface area (Å²) in [6, 6.07) is 6.76. The number of rotatable bonds is 5. The van der Waals surface area contributed by atoms with E-state index in [4.69, 9.17) is 0 Å². The van der Waals surface area contributed by atoms with Gasteiger partial charge in [0.2, 0.25) is 0 Å². The van der Waals surface area contributed by atoms with E-state index < -0.39 is 0 Å². The van der Waals surface area contributed by atoms with Gasteiger partial charge in [-0.3, -0.25) is 0 Å². The highest BCUT2D eigenvalue weighted by Crippen LogP contribution is 2.24. The number of aromatic nitrogens is 2. The van der Waals surface area contributed by atoms with Crippen molar-refractivity contribution in [3.63, 3.8) is 0 Å². The molecule has 0 aliphatic heterocycles. The second-order valence-corrected chi connectivity index (χ2v) is 5.69. The molecule has 2 aromatic rings. The molecule has 1 unspecified atom stereocenters. The predicted molar refractivity (Wildman–Crippen MR) is 82.2 cm³/mol. The number of imidazole rings is 1. The van der Waals surface area contributed by atoms with E-state index >= 15 is 0 Å². The van der Waals surface area contributed by atoms with Crippen molar-refractivity contribution in [2.75, 3.05) is 6.54 Å². The van der Waals surface area contributed by atoms with Crippen molar-refractivity contribution < 1.29 is 0 Å². The summed E-state index contributed by atoms with van der Waals surface area (Å²) in [5.74, 6) is 1.10. The molecule has 0 aliphatic rings. The number of hydrogen-bond donors (Lipinski definition) is 1. The number of aryl methyl sites for hydroxylation is 2. The Morgan fingerprint density at radius 2 is 2.21 bits per heavy atom. The van der Waals surface area contributed by atoms with Crippen molar-refractivity contribution in [3.8, 4) is 0 Å². The van der Waals surface area contributed by atoms with Crippen LogP contribution < -0.4 is 5.32 Å². The minimum atomic E-state index is 0.305. The molecule has 3 nitrogen and oxygen atoms in total. The highest BCUT2D eigenvalue weighted by atomic mass is 79.9. The molecule has 4 heteroatoms. The lowest BCUT2D eigenvalue weighted by molar-refractivity contribution is 0.527. The smallest absolute Gasteiger partial charge is 0.110 e. The summed E-state index contributed by atoms with van der Waals surface area (Å²) >= 11 is 3.52. The quantitative estimate of drug-likeness (QED) is 0.914. The summed E-state index contributed by atoms with van der Waals surface area (Å²) in [7, 11) is 2.04. The van der Waals surface area contributed by atoms with E-state index in [9.17, 15) is 0 Å². The Morgan fingerprint density at radius 1 is 1.42 bits per heavy atom. The van der Waals surface area contributed by atoms with E-state index in [2.05, 4.69) is 62.8 Å². The molecule has 0 radical (unpaired) electrons. The number of likely N-dealkylation sites (N-methyl/N-ethyl adjacent to an activating group) is 1. The molecule has 0 bridgehead atoms. The van der Waals surface area contributed by atoms with Crippen molar-refractivity contribution in [2.45, 2.75) is 26.3 Å². The van der Waals surface area contributed by atoms with E-state index in [0.29, 0.717) is 6.04 Å². The molecule has 0 spiro atoms. The summed E-state index contributed by atoms with van der Waals surface area (Å²) < 4.78 is 3.21. The molecule has 1 N–H and O–H groups in total. The fraction of sp³-hybridized carbons (Fsp3) is 0.400. The van der Waals surface area contributed by atoms with Gasteiger partial charge < -0.3 is 9.88 Å². The largest absolute Gasteiger partial charge is 0.338 e. The van der Waals surface area contributed by atoms with Crippen LogP contribution in [0.25, 0.3) is 0 Å². The molecule has 1 aromatic carbocycles. The Bertz CT molecular complexity index is 548. The lowest BCUT2D eigenvalue weighted by atomic mass is 9.98. The maximum atomic E-state index is 4.42. The van der Waals surface area contributed by atoms with E-state index in [1.807, 2.05) is 19.4 Å².